The number of hydrogen-bond donors (Lipinski definition) is 0. The largest absolute Gasteiger partial charge is 0.497 e. The lowest BCUT2D eigenvalue weighted by molar-refractivity contribution is 0.101. The first kappa shape index (κ1) is 16.5. The molecule has 0 saturated heterocycles. The number of aryl methyl sites for hydroxylation is 1. The molecule has 6 heteroatoms. The molecule has 1 aliphatic rings. The summed E-state index contributed by atoms with van der Waals surface area (Å²) < 4.78 is 32.8. The topological polar surface area (TPSA) is 63.7 Å². The molecule has 2 aromatic rings. The highest BCUT2D eigenvalue weighted by molar-refractivity contribution is 7.92. The number of rotatable bonds is 4. The Kier molecular flexibility index (Phi) is 4.32. The first-order valence-corrected chi connectivity index (χ1v) is 9.18. The second-order valence-electron chi connectivity index (χ2n) is 5.76. The number of ether oxygens (including phenoxy) is 1. The lowest BCUT2D eigenvalue weighted by atomic mass is 10.0. The highest BCUT2D eigenvalue weighted by Gasteiger charge is 2.29. The Morgan fingerprint density at radius 1 is 1.17 bits per heavy atom. The fourth-order valence-corrected chi connectivity index (χ4v) is 4.48. The van der Waals surface area contributed by atoms with Gasteiger partial charge in [0.15, 0.2) is 5.78 Å². The van der Waals surface area contributed by atoms with E-state index in [-0.39, 0.29) is 10.7 Å². The van der Waals surface area contributed by atoms with Gasteiger partial charge in [0.2, 0.25) is 0 Å². The highest BCUT2D eigenvalue weighted by atomic mass is 32.2. The molecule has 0 amide bonds. The number of anilines is 1. The standard InChI is InChI=1S/C18H19NO4S/c1-13(20)15-5-3-7-17(11-15)24(21,22)19-10-4-6-14-8-9-16(23-2)12-18(14)19/h3,5,7-9,11-12H,4,6,10H2,1-2H3. The van der Waals surface area contributed by atoms with Crippen LogP contribution >= 0.6 is 0 Å². The fourth-order valence-electron chi connectivity index (χ4n) is 2.90. The second kappa shape index (κ2) is 6.28. The number of fused-ring (bicyclic) bond motifs is 1. The molecular formula is C18H19NO4S. The van der Waals surface area contributed by atoms with Crippen molar-refractivity contribution in [2.45, 2.75) is 24.7 Å². The van der Waals surface area contributed by atoms with Gasteiger partial charge in [-0.2, -0.15) is 0 Å². The first-order valence-electron chi connectivity index (χ1n) is 7.74. The van der Waals surface area contributed by atoms with Crippen molar-refractivity contribution in [1.29, 1.82) is 0 Å². The zero-order valence-electron chi connectivity index (χ0n) is 13.7. The molecule has 0 radical (unpaired) electrons. The number of carbonyl (C=O) groups excluding carboxylic acids is 1. The average molecular weight is 345 g/mol. The molecule has 0 fully saturated rings. The molecule has 126 valence electrons. The Labute approximate surface area is 141 Å². The quantitative estimate of drug-likeness (QED) is 0.799. The summed E-state index contributed by atoms with van der Waals surface area (Å²) in [5.74, 6) is 0.459. The van der Waals surface area contributed by atoms with E-state index in [2.05, 4.69) is 0 Å². The monoisotopic (exact) mass is 345 g/mol. The van der Waals surface area contributed by atoms with Crippen LogP contribution in [0.4, 0.5) is 5.69 Å². The molecular weight excluding hydrogens is 326 g/mol. The molecule has 0 saturated carbocycles. The van der Waals surface area contributed by atoms with Gasteiger partial charge in [0.1, 0.15) is 5.75 Å². The molecule has 2 aromatic carbocycles. The van der Waals surface area contributed by atoms with Gasteiger partial charge in [-0.3, -0.25) is 9.10 Å². The van der Waals surface area contributed by atoms with Gasteiger partial charge >= 0.3 is 0 Å². The van der Waals surface area contributed by atoms with E-state index in [0.717, 1.165) is 18.4 Å². The van der Waals surface area contributed by atoms with E-state index < -0.39 is 10.0 Å². The van der Waals surface area contributed by atoms with Crippen LogP contribution in [0.1, 0.15) is 29.3 Å². The maximum atomic E-state index is 13.1. The Morgan fingerprint density at radius 3 is 2.67 bits per heavy atom. The van der Waals surface area contributed by atoms with Crippen molar-refractivity contribution in [3.05, 3.63) is 53.6 Å². The zero-order chi connectivity index (χ0) is 17.3. The van der Waals surface area contributed by atoms with Crippen molar-refractivity contribution in [3.8, 4) is 5.75 Å². The maximum Gasteiger partial charge on any atom is 0.264 e. The molecule has 1 aliphatic heterocycles. The van der Waals surface area contributed by atoms with Crippen molar-refractivity contribution in [2.24, 2.45) is 0 Å². The third-order valence-electron chi connectivity index (χ3n) is 4.20. The van der Waals surface area contributed by atoms with Gasteiger partial charge in [-0.15, -0.1) is 0 Å². The summed E-state index contributed by atoms with van der Waals surface area (Å²) in [4.78, 5) is 11.7. The van der Waals surface area contributed by atoms with Crippen LogP contribution in [0.15, 0.2) is 47.4 Å². The van der Waals surface area contributed by atoms with E-state index >= 15 is 0 Å². The molecule has 3 rings (SSSR count). The summed E-state index contributed by atoms with van der Waals surface area (Å²) >= 11 is 0. The number of sulfonamides is 1. The molecule has 0 bridgehead atoms. The predicted octanol–water partition coefficient (Wildman–Crippen LogP) is 3.04. The Hall–Kier alpha value is -2.34. The van der Waals surface area contributed by atoms with Gasteiger partial charge in [0, 0.05) is 18.2 Å². The maximum absolute atomic E-state index is 13.1. The number of benzene rings is 2. The third kappa shape index (κ3) is 2.89. The molecule has 0 N–H and O–H groups in total. The van der Waals surface area contributed by atoms with Crippen LogP contribution in [0.5, 0.6) is 5.75 Å². The molecule has 0 aliphatic carbocycles. The van der Waals surface area contributed by atoms with E-state index in [1.54, 1.807) is 25.3 Å². The minimum absolute atomic E-state index is 0.130. The first-order chi connectivity index (χ1) is 11.4. The van der Waals surface area contributed by atoms with Crippen LogP contribution in [0, 0.1) is 0 Å². The van der Waals surface area contributed by atoms with E-state index in [9.17, 15) is 13.2 Å². The van der Waals surface area contributed by atoms with E-state index in [0.29, 0.717) is 23.5 Å². The van der Waals surface area contributed by atoms with Crippen LogP contribution in [0.2, 0.25) is 0 Å². The second-order valence-corrected chi connectivity index (χ2v) is 7.62. The normalized spacial score (nSPS) is 14.2. The zero-order valence-corrected chi connectivity index (χ0v) is 14.5. The molecule has 0 unspecified atom stereocenters. The van der Waals surface area contributed by atoms with Crippen LogP contribution in [-0.4, -0.2) is 27.9 Å². The van der Waals surface area contributed by atoms with Crippen LogP contribution in [-0.2, 0) is 16.4 Å². The summed E-state index contributed by atoms with van der Waals surface area (Å²) in [6.07, 6.45) is 1.59. The van der Waals surface area contributed by atoms with Crippen LogP contribution < -0.4 is 9.04 Å². The Bertz CT molecular complexity index is 890. The number of ketones is 1. The van der Waals surface area contributed by atoms with E-state index in [1.807, 2.05) is 12.1 Å². The van der Waals surface area contributed by atoms with Gasteiger partial charge < -0.3 is 4.74 Å². The van der Waals surface area contributed by atoms with E-state index in [4.69, 9.17) is 4.74 Å². The summed E-state index contributed by atoms with van der Waals surface area (Å²) in [7, 11) is -2.18. The summed E-state index contributed by atoms with van der Waals surface area (Å²) in [5.41, 5.74) is 2.01. The van der Waals surface area contributed by atoms with Gasteiger partial charge in [0.25, 0.3) is 10.0 Å². The minimum atomic E-state index is -3.73. The average Bonchev–Trinajstić information content (AvgIpc) is 2.60. The van der Waals surface area contributed by atoms with Crippen molar-refractivity contribution < 1.29 is 17.9 Å². The molecule has 0 aromatic heterocycles. The number of Topliss-reactive ketones (excluding diaryl/α,β-unsaturated/α-hetero) is 1. The summed E-state index contributed by atoms with van der Waals surface area (Å²) in [6, 6.07) is 11.7. The minimum Gasteiger partial charge on any atom is -0.497 e. The molecule has 1 heterocycles. The van der Waals surface area contributed by atoms with Gasteiger partial charge in [0.05, 0.1) is 17.7 Å². The third-order valence-corrected chi connectivity index (χ3v) is 6.01. The molecule has 0 spiro atoms. The Morgan fingerprint density at radius 2 is 1.96 bits per heavy atom. The summed E-state index contributed by atoms with van der Waals surface area (Å²) in [6.45, 7) is 1.83. The number of hydrogen-bond acceptors (Lipinski definition) is 4. The number of methoxy groups -OCH3 is 1. The lowest BCUT2D eigenvalue weighted by Gasteiger charge is -2.30. The van der Waals surface area contributed by atoms with Gasteiger partial charge in [-0.05, 0) is 43.5 Å². The van der Waals surface area contributed by atoms with Gasteiger partial charge in [-0.25, -0.2) is 8.42 Å². The highest BCUT2D eigenvalue weighted by Crippen LogP contribution is 2.34. The van der Waals surface area contributed by atoms with Crippen LogP contribution in [0.25, 0.3) is 0 Å². The van der Waals surface area contributed by atoms with Crippen molar-refractivity contribution in [2.75, 3.05) is 18.0 Å². The predicted molar refractivity (Wildman–Crippen MR) is 92.3 cm³/mol. The van der Waals surface area contributed by atoms with Crippen molar-refractivity contribution in [3.63, 3.8) is 0 Å². The number of carbonyl (C=O) groups is 1. The smallest absolute Gasteiger partial charge is 0.264 e. The molecule has 5 nitrogen and oxygen atoms in total. The molecule has 24 heavy (non-hydrogen) atoms. The Balaban J connectivity index is 2.09. The fraction of sp³-hybridized carbons (Fsp3) is 0.278. The molecule has 0 atom stereocenters. The van der Waals surface area contributed by atoms with Crippen molar-refractivity contribution in [1.82, 2.24) is 0 Å². The van der Waals surface area contributed by atoms with Crippen molar-refractivity contribution >= 4 is 21.5 Å². The van der Waals surface area contributed by atoms with E-state index in [1.165, 1.54) is 23.4 Å². The van der Waals surface area contributed by atoms with Crippen LogP contribution in [0.3, 0.4) is 0 Å². The summed E-state index contributed by atoms with van der Waals surface area (Å²) in [5, 5.41) is 0. The number of nitrogens with zero attached hydrogens (tertiary/aromatic N) is 1. The lowest BCUT2D eigenvalue weighted by Crippen LogP contribution is -2.35. The SMILES string of the molecule is COc1ccc2c(c1)N(S(=O)(=O)c1cccc(C(C)=O)c1)CCC2. The van der Waals surface area contributed by atoms with Gasteiger partial charge in [-0.1, -0.05) is 18.2 Å².